The van der Waals surface area contributed by atoms with Gasteiger partial charge in [0.15, 0.2) is 0 Å². The molecule has 184 valence electrons. The molecule has 2 rings (SSSR count). The van der Waals surface area contributed by atoms with Crippen LogP contribution in [-0.2, 0) is 4.79 Å². The summed E-state index contributed by atoms with van der Waals surface area (Å²) in [5.41, 5.74) is 0.842. The Morgan fingerprint density at radius 3 is 2.62 bits per heavy atom. The summed E-state index contributed by atoms with van der Waals surface area (Å²) >= 11 is 1.74. The van der Waals surface area contributed by atoms with Crippen LogP contribution in [0.3, 0.4) is 0 Å². The first-order chi connectivity index (χ1) is 15.1. The summed E-state index contributed by atoms with van der Waals surface area (Å²) in [4.78, 5) is 14.5. The first-order valence-corrected chi connectivity index (χ1v) is 13.9. The maximum Gasteiger partial charge on any atom is 0.233 e. The Morgan fingerprint density at radius 2 is 2.00 bits per heavy atom. The molecule has 2 N–H and O–H groups in total. The second-order valence-corrected chi connectivity index (χ2v) is 11.9. The molecule has 0 bridgehead atoms. The summed E-state index contributed by atoms with van der Waals surface area (Å²) < 4.78 is 0. The number of amides is 1. The highest BCUT2D eigenvalue weighted by molar-refractivity contribution is 7.99. The van der Waals surface area contributed by atoms with E-state index in [4.69, 9.17) is 0 Å². The molecule has 2 aliphatic rings. The van der Waals surface area contributed by atoms with Crippen molar-refractivity contribution in [1.29, 1.82) is 0 Å². The number of carbonyl (C=O) groups excluding carboxylic acids is 1. The average molecular weight is 466 g/mol. The molecule has 1 saturated carbocycles. The number of carbonyl (C=O) groups is 1. The lowest BCUT2D eigenvalue weighted by molar-refractivity contribution is -0.131. The number of hydrogen-bond donors (Lipinski definition) is 2. The van der Waals surface area contributed by atoms with Crippen LogP contribution in [0.5, 0.6) is 0 Å². The van der Waals surface area contributed by atoms with Crippen LogP contribution in [-0.4, -0.2) is 56.3 Å². The SMILES string of the molecule is CCCC[C@](C)(O)C/C=C/[C@@H]1[C@H]2CC(CCSCC(=O)N(C(C)C)C(C)C)=C[C@H]2C[C@H]1O. The van der Waals surface area contributed by atoms with E-state index < -0.39 is 5.60 Å². The molecular weight excluding hydrogens is 418 g/mol. The monoisotopic (exact) mass is 465 g/mol. The van der Waals surface area contributed by atoms with E-state index in [1.54, 1.807) is 11.8 Å². The minimum absolute atomic E-state index is 0.190. The first kappa shape index (κ1) is 27.5. The zero-order valence-corrected chi connectivity index (χ0v) is 22.0. The molecule has 0 aliphatic heterocycles. The van der Waals surface area contributed by atoms with Gasteiger partial charge in [-0.25, -0.2) is 0 Å². The van der Waals surface area contributed by atoms with Crippen LogP contribution in [0.1, 0.15) is 86.5 Å². The van der Waals surface area contributed by atoms with Crippen LogP contribution < -0.4 is 0 Å². The summed E-state index contributed by atoms with van der Waals surface area (Å²) in [6.45, 7) is 12.4. The number of nitrogens with zero attached hydrogens (tertiary/aromatic N) is 1. The van der Waals surface area contributed by atoms with Gasteiger partial charge in [-0.1, -0.05) is 43.6 Å². The molecule has 0 heterocycles. The predicted octanol–water partition coefficient (Wildman–Crippen LogP) is 5.59. The lowest BCUT2D eigenvalue weighted by atomic mass is 9.88. The summed E-state index contributed by atoms with van der Waals surface area (Å²) in [5.74, 6) is 2.92. The Balaban J connectivity index is 1.78. The van der Waals surface area contributed by atoms with Gasteiger partial charge >= 0.3 is 0 Å². The Labute approximate surface area is 200 Å². The fourth-order valence-electron chi connectivity index (χ4n) is 5.54. The van der Waals surface area contributed by atoms with Crippen LogP contribution >= 0.6 is 11.8 Å². The summed E-state index contributed by atoms with van der Waals surface area (Å²) in [5, 5.41) is 21.1. The number of unbranched alkanes of at least 4 members (excludes halogenated alkanes) is 1. The third kappa shape index (κ3) is 7.92. The van der Waals surface area contributed by atoms with Gasteiger partial charge in [0.25, 0.3) is 0 Å². The molecule has 1 amide bonds. The minimum atomic E-state index is -0.649. The fourth-order valence-corrected chi connectivity index (χ4v) is 6.41. The molecule has 5 atom stereocenters. The Kier molecular flexibility index (Phi) is 10.8. The molecule has 0 aromatic rings. The van der Waals surface area contributed by atoms with Gasteiger partial charge in [-0.15, -0.1) is 0 Å². The molecule has 0 unspecified atom stereocenters. The third-order valence-corrected chi connectivity index (χ3v) is 8.07. The highest BCUT2D eigenvalue weighted by Gasteiger charge is 2.43. The zero-order valence-electron chi connectivity index (χ0n) is 21.2. The minimum Gasteiger partial charge on any atom is -0.392 e. The average Bonchev–Trinajstić information content (AvgIpc) is 3.20. The van der Waals surface area contributed by atoms with Gasteiger partial charge in [-0.05, 0) is 84.3 Å². The van der Waals surface area contributed by atoms with Gasteiger partial charge in [0.1, 0.15) is 0 Å². The van der Waals surface area contributed by atoms with Crippen LogP contribution in [0, 0.1) is 17.8 Å². The summed E-state index contributed by atoms with van der Waals surface area (Å²) in [6, 6.07) is 0.485. The molecule has 4 nitrogen and oxygen atoms in total. The van der Waals surface area contributed by atoms with E-state index in [1.165, 1.54) is 5.57 Å². The Morgan fingerprint density at radius 1 is 1.31 bits per heavy atom. The lowest BCUT2D eigenvalue weighted by Gasteiger charge is -2.30. The number of allylic oxidation sites excluding steroid dienone is 2. The molecule has 0 aromatic heterocycles. The van der Waals surface area contributed by atoms with E-state index in [9.17, 15) is 15.0 Å². The maximum atomic E-state index is 12.5. The van der Waals surface area contributed by atoms with Crippen molar-refractivity contribution in [3.8, 4) is 0 Å². The molecule has 0 aromatic carbocycles. The zero-order chi connectivity index (χ0) is 23.9. The summed E-state index contributed by atoms with van der Waals surface area (Å²) in [6.07, 6.45) is 13.0. The Bertz CT molecular complexity index is 647. The number of hydrogen-bond acceptors (Lipinski definition) is 4. The number of thioether (sulfide) groups is 1. The highest BCUT2D eigenvalue weighted by Crippen LogP contribution is 2.48. The highest BCUT2D eigenvalue weighted by atomic mass is 32.2. The molecule has 1 fully saturated rings. The van der Waals surface area contributed by atoms with Gasteiger partial charge in [0.05, 0.1) is 17.5 Å². The predicted molar refractivity (Wildman–Crippen MR) is 137 cm³/mol. The van der Waals surface area contributed by atoms with Crippen molar-refractivity contribution >= 4 is 17.7 Å². The molecule has 0 radical (unpaired) electrons. The number of fused-ring (bicyclic) bond motifs is 1. The fraction of sp³-hybridized carbons (Fsp3) is 0.815. The molecule has 32 heavy (non-hydrogen) atoms. The second-order valence-electron chi connectivity index (χ2n) is 10.8. The third-order valence-electron chi connectivity index (χ3n) is 7.13. The summed E-state index contributed by atoms with van der Waals surface area (Å²) in [7, 11) is 0. The van der Waals surface area contributed by atoms with Gasteiger partial charge in [0.2, 0.25) is 5.91 Å². The van der Waals surface area contributed by atoms with E-state index in [-0.39, 0.29) is 30.0 Å². The molecule has 0 spiro atoms. The largest absolute Gasteiger partial charge is 0.392 e. The molecular formula is C27H47NO3S. The number of aliphatic hydroxyl groups is 2. The van der Waals surface area contributed by atoms with Crippen molar-refractivity contribution < 1.29 is 15.0 Å². The van der Waals surface area contributed by atoms with Gasteiger partial charge in [0, 0.05) is 18.0 Å². The van der Waals surface area contributed by atoms with Crippen molar-refractivity contribution in [3.63, 3.8) is 0 Å². The van der Waals surface area contributed by atoms with Gasteiger partial charge in [-0.2, -0.15) is 11.8 Å². The smallest absolute Gasteiger partial charge is 0.233 e. The normalized spacial score (nSPS) is 27.2. The lowest BCUT2D eigenvalue weighted by Crippen LogP contribution is -2.43. The quantitative estimate of drug-likeness (QED) is 0.275. The molecule has 5 heteroatoms. The molecule has 0 saturated heterocycles. The van der Waals surface area contributed by atoms with E-state index >= 15 is 0 Å². The van der Waals surface area contributed by atoms with Crippen LogP contribution in [0.4, 0.5) is 0 Å². The van der Waals surface area contributed by atoms with Crippen molar-refractivity contribution in [2.75, 3.05) is 11.5 Å². The maximum absolute atomic E-state index is 12.5. The second kappa shape index (κ2) is 12.6. The van der Waals surface area contributed by atoms with E-state index in [0.29, 0.717) is 24.0 Å². The van der Waals surface area contributed by atoms with Crippen LogP contribution in [0.15, 0.2) is 23.8 Å². The van der Waals surface area contributed by atoms with Gasteiger partial charge in [-0.3, -0.25) is 4.79 Å². The van der Waals surface area contributed by atoms with Crippen molar-refractivity contribution in [2.45, 2.75) is 110 Å². The van der Waals surface area contributed by atoms with Gasteiger partial charge < -0.3 is 15.1 Å². The molecule has 2 aliphatic carbocycles. The van der Waals surface area contributed by atoms with Crippen molar-refractivity contribution in [3.05, 3.63) is 23.8 Å². The van der Waals surface area contributed by atoms with Crippen LogP contribution in [0.25, 0.3) is 0 Å². The van der Waals surface area contributed by atoms with Crippen molar-refractivity contribution in [2.24, 2.45) is 17.8 Å². The number of rotatable bonds is 13. The first-order valence-electron chi connectivity index (χ1n) is 12.7. The Hall–Kier alpha value is -0.780. The number of aliphatic hydroxyl groups excluding tert-OH is 1. The van der Waals surface area contributed by atoms with E-state index in [1.807, 2.05) is 11.8 Å². The van der Waals surface area contributed by atoms with E-state index in [0.717, 1.165) is 44.3 Å². The van der Waals surface area contributed by atoms with Crippen LogP contribution in [0.2, 0.25) is 0 Å². The van der Waals surface area contributed by atoms with Crippen molar-refractivity contribution in [1.82, 2.24) is 4.90 Å². The topological polar surface area (TPSA) is 60.8 Å². The van der Waals surface area contributed by atoms with E-state index in [2.05, 4.69) is 52.8 Å². The standard InChI is InChI=1S/C27H47NO3S/c1-7-8-12-27(6,31)13-9-10-23-24-16-21(15-22(24)17-25(23)29)11-14-32-18-26(30)28(19(2)3)20(4)5/h9-10,15,19-20,22-25,29,31H,7-8,11-14,16-18H2,1-6H3/b10-9+/t22-,23+,24-,25+,27-/m0/s1.